The van der Waals surface area contributed by atoms with Gasteiger partial charge in [-0.25, -0.2) is 16.8 Å². The summed E-state index contributed by atoms with van der Waals surface area (Å²) in [5, 5.41) is 0. The van der Waals surface area contributed by atoms with Crippen molar-refractivity contribution in [3.63, 3.8) is 0 Å². The van der Waals surface area contributed by atoms with Crippen LogP contribution in [0.3, 0.4) is 0 Å². The highest BCUT2D eigenvalue weighted by molar-refractivity contribution is 7.93. The molecular formula is C10H11NO6S2. The Bertz CT molecular complexity index is 706. The third-order valence-electron chi connectivity index (χ3n) is 2.25. The topological polar surface area (TPSA) is 128 Å². The van der Waals surface area contributed by atoms with Crippen molar-refractivity contribution >= 4 is 37.9 Å². The van der Waals surface area contributed by atoms with E-state index >= 15 is 0 Å². The van der Waals surface area contributed by atoms with Crippen LogP contribution in [0.2, 0.25) is 0 Å². The van der Waals surface area contributed by atoms with Crippen LogP contribution < -0.4 is 5.73 Å². The van der Waals surface area contributed by atoms with Gasteiger partial charge in [0.1, 0.15) is 24.1 Å². The van der Waals surface area contributed by atoms with E-state index in [9.17, 15) is 26.4 Å². The van der Waals surface area contributed by atoms with Crippen molar-refractivity contribution in [3.8, 4) is 0 Å². The van der Waals surface area contributed by atoms with E-state index in [1.54, 1.807) is 0 Å². The van der Waals surface area contributed by atoms with Gasteiger partial charge in [0, 0.05) is 0 Å². The maximum Gasteiger partial charge on any atom is 0.187 e. The van der Waals surface area contributed by atoms with Crippen LogP contribution in [-0.4, -0.2) is 40.9 Å². The van der Waals surface area contributed by atoms with Gasteiger partial charge in [-0.2, -0.15) is 0 Å². The molecule has 0 amide bonds. The second kappa shape index (κ2) is 5.49. The highest BCUT2D eigenvalue weighted by atomic mass is 32.2. The summed E-state index contributed by atoms with van der Waals surface area (Å²) in [5.74, 6) is -1.56. The maximum absolute atomic E-state index is 11.7. The second-order valence-corrected chi connectivity index (χ2v) is 7.63. The molecule has 19 heavy (non-hydrogen) atoms. The van der Waals surface area contributed by atoms with Crippen LogP contribution >= 0.6 is 0 Å². The lowest BCUT2D eigenvalue weighted by atomic mass is 10.3. The molecule has 2 N–H and O–H groups in total. The molecule has 0 aromatic heterocycles. The van der Waals surface area contributed by atoms with Crippen LogP contribution in [0.25, 0.3) is 0 Å². The lowest BCUT2D eigenvalue weighted by Crippen LogP contribution is -2.13. The van der Waals surface area contributed by atoms with Crippen LogP contribution in [0, 0.1) is 0 Å². The van der Waals surface area contributed by atoms with Gasteiger partial charge in [0.15, 0.2) is 19.7 Å². The van der Waals surface area contributed by atoms with Gasteiger partial charge in [-0.15, -0.1) is 0 Å². The number of nitrogens with two attached hydrogens (primary N) is 1. The van der Waals surface area contributed by atoms with Gasteiger partial charge in [-0.1, -0.05) is 0 Å². The molecule has 0 aliphatic carbocycles. The Balaban J connectivity index is 3.46. The summed E-state index contributed by atoms with van der Waals surface area (Å²) in [6.45, 7) is 0. The Kier molecular flexibility index (Phi) is 4.43. The molecule has 7 nitrogen and oxygen atoms in total. The zero-order valence-electron chi connectivity index (χ0n) is 9.64. The number of sulfone groups is 2. The van der Waals surface area contributed by atoms with Crippen molar-refractivity contribution in [3.05, 3.63) is 18.2 Å². The molecule has 0 spiro atoms. The monoisotopic (exact) mass is 305 g/mol. The van der Waals surface area contributed by atoms with Gasteiger partial charge < -0.3 is 15.3 Å². The van der Waals surface area contributed by atoms with Gasteiger partial charge in [-0.05, 0) is 18.2 Å². The second-order valence-electron chi connectivity index (χ2n) is 3.60. The normalized spacial score (nSPS) is 12.0. The number of carbonyl (C=O) groups excluding carboxylic acids is 2. The summed E-state index contributed by atoms with van der Waals surface area (Å²) in [5.41, 5.74) is 5.30. The van der Waals surface area contributed by atoms with Crippen LogP contribution in [0.1, 0.15) is 0 Å². The quantitative estimate of drug-likeness (QED) is 0.539. The number of anilines is 1. The number of rotatable bonds is 6. The van der Waals surface area contributed by atoms with Gasteiger partial charge in [0.2, 0.25) is 0 Å². The van der Waals surface area contributed by atoms with E-state index in [-0.39, 0.29) is 23.2 Å². The molecule has 0 fully saturated rings. The van der Waals surface area contributed by atoms with Crippen LogP contribution in [0.4, 0.5) is 5.69 Å². The van der Waals surface area contributed by atoms with E-state index in [4.69, 9.17) is 5.73 Å². The number of nitrogen functional groups attached to an aromatic ring is 1. The first-order chi connectivity index (χ1) is 8.74. The molecule has 0 heterocycles. The van der Waals surface area contributed by atoms with Crippen molar-refractivity contribution in [1.29, 1.82) is 0 Å². The summed E-state index contributed by atoms with van der Waals surface area (Å²) >= 11 is 0. The van der Waals surface area contributed by atoms with E-state index in [0.717, 1.165) is 18.2 Å². The fourth-order valence-corrected chi connectivity index (χ4v) is 3.45. The summed E-state index contributed by atoms with van der Waals surface area (Å²) in [6, 6.07) is 3.07. The molecule has 0 radical (unpaired) electrons. The third kappa shape index (κ3) is 3.38. The predicted molar refractivity (Wildman–Crippen MR) is 67.1 cm³/mol. The molecule has 0 saturated heterocycles. The molecule has 0 aliphatic heterocycles. The molecule has 0 unspecified atom stereocenters. The number of carbonyl (C=O) groups is 2. The van der Waals surface area contributed by atoms with Crippen LogP contribution in [0.5, 0.6) is 0 Å². The molecular weight excluding hydrogens is 294 g/mol. The SMILES string of the molecule is Nc1ccc(S(=O)(=O)CC=O)cc1S(=O)(=O)CC=O. The first-order valence-corrected chi connectivity index (χ1v) is 8.27. The lowest BCUT2D eigenvalue weighted by Gasteiger charge is -2.07. The van der Waals surface area contributed by atoms with Crippen molar-refractivity contribution in [2.75, 3.05) is 17.2 Å². The minimum atomic E-state index is -3.98. The average molecular weight is 305 g/mol. The van der Waals surface area contributed by atoms with E-state index in [0.29, 0.717) is 0 Å². The summed E-state index contributed by atoms with van der Waals surface area (Å²) < 4.78 is 46.7. The Morgan fingerprint density at radius 3 is 2.00 bits per heavy atom. The summed E-state index contributed by atoms with van der Waals surface area (Å²) in [7, 11) is -7.89. The molecule has 1 aromatic carbocycles. The Morgan fingerprint density at radius 1 is 0.947 bits per heavy atom. The fraction of sp³-hybridized carbons (Fsp3) is 0.200. The predicted octanol–water partition coefficient (Wildman–Crippen LogP) is -0.786. The molecule has 0 atom stereocenters. The molecule has 1 aromatic rings. The highest BCUT2D eigenvalue weighted by Gasteiger charge is 2.21. The van der Waals surface area contributed by atoms with E-state index in [1.807, 2.05) is 0 Å². The van der Waals surface area contributed by atoms with Gasteiger partial charge in [0.05, 0.1) is 15.5 Å². The standard InChI is InChI=1S/C10H11NO6S2/c11-9-2-1-8(18(14,15)5-3-12)7-10(9)19(16,17)6-4-13/h1-4,7H,5-6,11H2. The molecule has 104 valence electrons. The third-order valence-corrected chi connectivity index (χ3v) is 5.40. The van der Waals surface area contributed by atoms with Crippen molar-refractivity contribution in [1.82, 2.24) is 0 Å². The number of benzene rings is 1. The number of hydrogen-bond donors (Lipinski definition) is 1. The summed E-state index contributed by atoms with van der Waals surface area (Å²) in [4.78, 5) is 19.8. The first-order valence-electron chi connectivity index (χ1n) is 4.97. The van der Waals surface area contributed by atoms with Gasteiger partial charge in [-0.3, -0.25) is 0 Å². The van der Waals surface area contributed by atoms with Crippen molar-refractivity contribution in [2.45, 2.75) is 9.79 Å². The van der Waals surface area contributed by atoms with E-state index < -0.39 is 36.1 Å². The van der Waals surface area contributed by atoms with E-state index in [1.165, 1.54) is 0 Å². The van der Waals surface area contributed by atoms with Crippen LogP contribution in [-0.2, 0) is 29.3 Å². The fourth-order valence-electron chi connectivity index (χ4n) is 1.34. The Morgan fingerprint density at radius 2 is 1.47 bits per heavy atom. The lowest BCUT2D eigenvalue weighted by molar-refractivity contribution is -0.106. The van der Waals surface area contributed by atoms with Crippen molar-refractivity contribution in [2.24, 2.45) is 0 Å². The minimum absolute atomic E-state index is 0.160. The van der Waals surface area contributed by atoms with Gasteiger partial charge >= 0.3 is 0 Å². The molecule has 0 saturated carbocycles. The van der Waals surface area contributed by atoms with E-state index in [2.05, 4.69) is 0 Å². The average Bonchev–Trinajstić information content (AvgIpc) is 2.28. The number of aldehydes is 2. The molecule has 0 aliphatic rings. The zero-order chi connectivity index (χ0) is 14.7. The Hall–Kier alpha value is -1.74. The first kappa shape index (κ1) is 15.3. The minimum Gasteiger partial charge on any atom is -0.398 e. The molecule has 0 bridgehead atoms. The summed E-state index contributed by atoms with van der Waals surface area (Å²) in [6.07, 6.45) is 0.382. The number of hydrogen-bond acceptors (Lipinski definition) is 7. The zero-order valence-corrected chi connectivity index (χ0v) is 11.3. The maximum atomic E-state index is 11.7. The largest absolute Gasteiger partial charge is 0.398 e. The van der Waals surface area contributed by atoms with Crippen molar-refractivity contribution < 1.29 is 26.4 Å². The Labute approximate surface area is 110 Å². The smallest absolute Gasteiger partial charge is 0.187 e. The highest BCUT2D eigenvalue weighted by Crippen LogP contribution is 2.23. The van der Waals surface area contributed by atoms with Gasteiger partial charge in [0.25, 0.3) is 0 Å². The van der Waals surface area contributed by atoms with Crippen LogP contribution in [0.15, 0.2) is 28.0 Å². The molecule has 9 heteroatoms. The molecule has 1 rings (SSSR count).